The number of nitrogens with zero attached hydrogens (tertiary/aromatic N) is 5. The third kappa shape index (κ3) is 4.76. The van der Waals surface area contributed by atoms with Crippen LogP contribution in [0.4, 0.5) is 10.1 Å². The molecule has 0 saturated carbocycles. The van der Waals surface area contributed by atoms with Crippen LogP contribution in [-0.4, -0.2) is 40.1 Å². The summed E-state index contributed by atoms with van der Waals surface area (Å²) in [6, 6.07) is 20.8. The predicted octanol–water partition coefficient (Wildman–Crippen LogP) is 5.94. The molecule has 194 valence electrons. The SMILES string of the molecule is CC[C@@H]1CN(c2c(F)c(=O)n(C)c3ccc(C#N)nc23)CCN1C(c1ccc(Cl)cc1)c1ccc(Cl)cc1. The number of halogens is 3. The smallest absolute Gasteiger partial charge is 0.289 e. The normalized spacial score (nSPS) is 16.2. The third-order valence-electron chi connectivity index (χ3n) is 7.29. The number of nitriles is 1. The topological polar surface area (TPSA) is 65.2 Å². The molecule has 6 nitrogen and oxygen atoms in total. The van der Waals surface area contributed by atoms with Crippen LogP contribution in [0.3, 0.4) is 0 Å². The standard InChI is InChI=1S/C29H26Cl2FN5O/c1-3-23-17-36(28-25(32)29(38)35(2)24-13-12-22(16-33)34-26(24)28)14-15-37(23)27(18-4-8-20(30)9-5-18)19-6-10-21(31)11-7-19/h4-13,23,27H,3,14-15,17H2,1-2H3/t23-/m1/s1. The van der Waals surface area contributed by atoms with Gasteiger partial charge >= 0.3 is 0 Å². The van der Waals surface area contributed by atoms with E-state index in [4.69, 9.17) is 23.2 Å². The number of aromatic nitrogens is 2. The van der Waals surface area contributed by atoms with Gasteiger partial charge in [0.15, 0.2) is 0 Å². The van der Waals surface area contributed by atoms with Crippen molar-refractivity contribution in [3.05, 3.63) is 104 Å². The average Bonchev–Trinajstić information content (AvgIpc) is 2.94. The van der Waals surface area contributed by atoms with E-state index >= 15 is 4.39 Å². The molecule has 9 heteroatoms. The van der Waals surface area contributed by atoms with E-state index < -0.39 is 11.4 Å². The van der Waals surface area contributed by atoms with Crippen LogP contribution in [0.5, 0.6) is 0 Å². The highest BCUT2D eigenvalue weighted by Gasteiger charge is 2.35. The molecule has 38 heavy (non-hydrogen) atoms. The van der Waals surface area contributed by atoms with E-state index in [2.05, 4.69) is 16.8 Å². The van der Waals surface area contributed by atoms with E-state index in [1.807, 2.05) is 59.5 Å². The molecule has 1 saturated heterocycles. The molecule has 5 rings (SSSR count). The molecule has 2 aromatic heterocycles. The highest BCUT2D eigenvalue weighted by Crippen LogP contribution is 2.36. The Hall–Kier alpha value is -3.44. The van der Waals surface area contributed by atoms with E-state index in [-0.39, 0.29) is 23.5 Å². The second kappa shape index (κ2) is 10.7. The Morgan fingerprint density at radius 3 is 2.18 bits per heavy atom. The summed E-state index contributed by atoms with van der Waals surface area (Å²) in [5.74, 6) is -0.849. The molecule has 0 aliphatic carbocycles. The molecule has 4 aromatic rings. The number of rotatable bonds is 5. The van der Waals surface area contributed by atoms with Crippen LogP contribution in [-0.2, 0) is 7.05 Å². The predicted molar refractivity (Wildman–Crippen MR) is 149 cm³/mol. The first-order valence-electron chi connectivity index (χ1n) is 12.4. The number of hydrogen-bond acceptors (Lipinski definition) is 5. The van der Waals surface area contributed by atoms with Crippen molar-refractivity contribution in [1.29, 1.82) is 5.26 Å². The lowest BCUT2D eigenvalue weighted by Gasteiger charge is -2.46. The molecule has 0 spiro atoms. The molecule has 2 aromatic carbocycles. The van der Waals surface area contributed by atoms with Crippen LogP contribution in [0.25, 0.3) is 11.0 Å². The average molecular weight is 550 g/mol. The number of pyridine rings is 2. The third-order valence-corrected chi connectivity index (χ3v) is 7.80. The Bertz CT molecular complexity index is 1540. The van der Waals surface area contributed by atoms with Gasteiger partial charge in [-0.25, -0.2) is 4.98 Å². The Kier molecular flexibility index (Phi) is 7.40. The monoisotopic (exact) mass is 549 g/mol. The molecule has 1 fully saturated rings. The van der Waals surface area contributed by atoms with Crippen LogP contribution in [0.2, 0.25) is 10.0 Å². The van der Waals surface area contributed by atoms with Gasteiger partial charge in [-0.05, 0) is 53.9 Å². The minimum Gasteiger partial charge on any atom is -0.364 e. The zero-order valence-electron chi connectivity index (χ0n) is 21.0. The van der Waals surface area contributed by atoms with E-state index in [1.54, 1.807) is 12.1 Å². The zero-order valence-corrected chi connectivity index (χ0v) is 22.5. The molecule has 0 N–H and O–H groups in total. The fourth-order valence-corrected chi connectivity index (χ4v) is 5.60. The molecule has 0 radical (unpaired) electrons. The Labute approximate surface area is 230 Å². The van der Waals surface area contributed by atoms with Gasteiger partial charge in [-0.3, -0.25) is 9.69 Å². The van der Waals surface area contributed by atoms with Gasteiger partial charge in [-0.1, -0.05) is 54.4 Å². The van der Waals surface area contributed by atoms with Crippen LogP contribution >= 0.6 is 23.2 Å². The van der Waals surface area contributed by atoms with Gasteiger partial charge in [0.25, 0.3) is 5.56 Å². The molecule has 1 aliphatic rings. The summed E-state index contributed by atoms with van der Waals surface area (Å²) in [6.07, 6.45) is 0.801. The Morgan fingerprint density at radius 2 is 1.63 bits per heavy atom. The van der Waals surface area contributed by atoms with Gasteiger partial charge < -0.3 is 9.47 Å². The first-order chi connectivity index (χ1) is 18.3. The zero-order chi connectivity index (χ0) is 27.0. The first kappa shape index (κ1) is 26.2. The lowest BCUT2D eigenvalue weighted by molar-refractivity contribution is 0.134. The first-order valence-corrected chi connectivity index (χ1v) is 13.2. The summed E-state index contributed by atoms with van der Waals surface area (Å²) < 4.78 is 16.8. The van der Waals surface area contributed by atoms with Crippen molar-refractivity contribution in [3.63, 3.8) is 0 Å². The fourth-order valence-electron chi connectivity index (χ4n) is 5.35. The number of benzene rings is 2. The van der Waals surface area contributed by atoms with Gasteiger partial charge in [-0.2, -0.15) is 9.65 Å². The summed E-state index contributed by atoms with van der Waals surface area (Å²) in [4.78, 5) is 21.5. The summed E-state index contributed by atoms with van der Waals surface area (Å²) in [5, 5.41) is 10.7. The second-order valence-corrected chi connectivity index (χ2v) is 10.3. The van der Waals surface area contributed by atoms with Gasteiger partial charge in [0, 0.05) is 42.8 Å². The van der Waals surface area contributed by atoms with E-state index in [9.17, 15) is 10.1 Å². The van der Waals surface area contributed by atoms with Crippen molar-refractivity contribution in [2.75, 3.05) is 24.5 Å². The summed E-state index contributed by atoms with van der Waals surface area (Å²) >= 11 is 12.4. The van der Waals surface area contributed by atoms with Gasteiger partial charge in [0.2, 0.25) is 5.82 Å². The number of fused-ring (bicyclic) bond motifs is 1. The fraction of sp³-hybridized carbons (Fsp3) is 0.276. The number of hydrogen-bond donors (Lipinski definition) is 0. The van der Waals surface area contributed by atoms with Crippen LogP contribution in [0, 0.1) is 17.1 Å². The maximum Gasteiger partial charge on any atom is 0.289 e. The molecule has 0 amide bonds. The van der Waals surface area contributed by atoms with E-state index in [0.717, 1.165) is 17.5 Å². The molecular weight excluding hydrogens is 524 g/mol. The summed E-state index contributed by atoms with van der Waals surface area (Å²) in [7, 11) is 1.51. The maximum atomic E-state index is 15.6. The minimum atomic E-state index is -0.849. The summed E-state index contributed by atoms with van der Waals surface area (Å²) in [6.45, 7) is 3.69. The van der Waals surface area contributed by atoms with Crippen molar-refractivity contribution in [2.24, 2.45) is 7.05 Å². The second-order valence-electron chi connectivity index (χ2n) is 9.45. The van der Waals surface area contributed by atoms with Crippen molar-refractivity contribution >= 4 is 39.9 Å². The molecule has 1 aliphatic heterocycles. The molecular formula is C29H26Cl2FN5O. The Balaban J connectivity index is 1.57. The Morgan fingerprint density at radius 1 is 1.03 bits per heavy atom. The molecule has 0 unspecified atom stereocenters. The van der Waals surface area contributed by atoms with E-state index in [1.165, 1.54) is 11.6 Å². The maximum absolute atomic E-state index is 15.6. The highest BCUT2D eigenvalue weighted by molar-refractivity contribution is 6.30. The van der Waals surface area contributed by atoms with E-state index in [0.29, 0.717) is 40.7 Å². The molecule has 0 bridgehead atoms. The van der Waals surface area contributed by atoms with Gasteiger partial charge in [0.1, 0.15) is 23.0 Å². The largest absolute Gasteiger partial charge is 0.364 e. The number of anilines is 1. The van der Waals surface area contributed by atoms with Crippen molar-refractivity contribution in [3.8, 4) is 6.07 Å². The summed E-state index contributed by atoms with van der Waals surface area (Å²) in [5.41, 5.74) is 2.61. The van der Waals surface area contributed by atoms with Gasteiger partial charge in [0.05, 0.1) is 11.6 Å². The van der Waals surface area contributed by atoms with Crippen molar-refractivity contribution in [1.82, 2.24) is 14.5 Å². The lowest BCUT2D eigenvalue weighted by Crippen LogP contribution is -2.54. The van der Waals surface area contributed by atoms with Crippen LogP contribution in [0.1, 0.15) is 36.2 Å². The van der Waals surface area contributed by atoms with Crippen molar-refractivity contribution < 1.29 is 4.39 Å². The lowest BCUT2D eigenvalue weighted by atomic mass is 9.93. The van der Waals surface area contributed by atoms with Crippen LogP contribution in [0.15, 0.2) is 65.5 Å². The quantitative estimate of drug-likeness (QED) is 0.308. The minimum absolute atomic E-state index is 0.0396. The van der Waals surface area contributed by atoms with Crippen LogP contribution < -0.4 is 10.5 Å². The van der Waals surface area contributed by atoms with Gasteiger partial charge in [-0.15, -0.1) is 0 Å². The number of piperazine rings is 1. The highest BCUT2D eigenvalue weighted by atomic mass is 35.5. The molecule has 1 atom stereocenters. The van der Waals surface area contributed by atoms with Crippen molar-refractivity contribution in [2.45, 2.75) is 25.4 Å². The molecule has 3 heterocycles. The number of aryl methyl sites for hydroxylation is 1.